The fourth-order valence-corrected chi connectivity index (χ4v) is 3.22. The minimum atomic E-state index is -3.57. The predicted octanol–water partition coefficient (Wildman–Crippen LogP) is 1.22. The number of carbonyl (C=O) groups is 2. The van der Waals surface area contributed by atoms with Crippen molar-refractivity contribution in [1.29, 1.82) is 0 Å². The van der Waals surface area contributed by atoms with Crippen LogP contribution in [0.4, 0.5) is 5.00 Å². The van der Waals surface area contributed by atoms with Crippen molar-refractivity contribution in [2.45, 2.75) is 11.8 Å². The Bertz CT molecular complexity index is 875. The molecule has 1 N–H and O–H groups in total. The number of benzene rings is 1. The van der Waals surface area contributed by atoms with Crippen LogP contribution in [-0.4, -0.2) is 54.9 Å². The zero-order valence-electron chi connectivity index (χ0n) is 13.7. The summed E-state index contributed by atoms with van der Waals surface area (Å²) in [6, 6.07) is 5.43. The van der Waals surface area contributed by atoms with Gasteiger partial charge in [0.2, 0.25) is 15.7 Å². The van der Waals surface area contributed by atoms with Gasteiger partial charge in [0.25, 0.3) is 5.91 Å². The van der Waals surface area contributed by atoms with Crippen molar-refractivity contribution >= 4 is 38.4 Å². The van der Waals surface area contributed by atoms with Crippen LogP contribution in [0.3, 0.4) is 0 Å². The zero-order chi connectivity index (χ0) is 18.6. The Kier molecular flexibility index (Phi) is 5.82. The molecule has 0 aliphatic carbocycles. The molecule has 1 aromatic heterocycles. The normalized spacial score (nSPS) is 11.4. The Morgan fingerprint density at radius 3 is 2.44 bits per heavy atom. The topological polar surface area (TPSA) is 119 Å². The molecule has 0 unspecified atom stereocenters. The number of anilines is 1. The minimum absolute atomic E-state index is 0.0701. The first-order valence-corrected chi connectivity index (χ1v) is 9.32. The average Bonchev–Trinajstić information content (AvgIpc) is 3.03. The van der Waals surface area contributed by atoms with E-state index in [0.717, 1.165) is 15.8 Å². The molecule has 0 spiro atoms. The van der Waals surface area contributed by atoms with E-state index in [1.165, 1.54) is 38.4 Å². The number of aromatic nitrogens is 2. The Morgan fingerprint density at radius 2 is 1.88 bits per heavy atom. The molecule has 0 fully saturated rings. The van der Waals surface area contributed by atoms with Gasteiger partial charge in [0.1, 0.15) is 0 Å². The van der Waals surface area contributed by atoms with Crippen LogP contribution in [0.1, 0.15) is 27.8 Å². The van der Waals surface area contributed by atoms with Gasteiger partial charge in [-0.15, -0.1) is 5.10 Å². The van der Waals surface area contributed by atoms with Gasteiger partial charge in [0.15, 0.2) is 5.00 Å². The third-order valence-electron chi connectivity index (χ3n) is 3.08. The van der Waals surface area contributed by atoms with E-state index >= 15 is 0 Å². The van der Waals surface area contributed by atoms with Crippen molar-refractivity contribution in [1.82, 2.24) is 13.9 Å². The standard InChI is InChI=1S/C14H16N4O5S2/c1-4-23-14(20)11-13(24-17-16-11)15-12(19)9-5-7-10(8-6-9)25(21,22)18(2)3/h5-8H,4H2,1-3H3,(H,15,19). The highest BCUT2D eigenvalue weighted by Crippen LogP contribution is 2.20. The summed E-state index contributed by atoms with van der Waals surface area (Å²) in [6.07, 6.45) is 0. The number of nitrogens with zero attached hydrogens (tertiary/aromatic N) is 3. The van der Waals surface area contributed by atoms with Crippen molar-refractivity contribution in [3.05, 3.63) is 35.5 Å². The fraction of sp³-hybridized carbons (Fsp3) is 0.286. The van der Waals surface area contributed by atoms with Gasteiger partial charge in [0.05, 0.1) is 11.5 Å². The van der Waals surface area contributed by atoms with E-state index in [1.54, 1.807) is 6.92 Å². The molecule has 0 radical (unpaired) electrons. The van der Waals surface area contributed by atoms with Crippen molar-refractivity contribution in [2.24, 2.45) is 0 Å². The number of amides is 1. The lowest BCUT2D eigenvalue weighted by molar-refractivity contribution is 0.0520. The van der Waals surface area contributed by atoms with E-state index in [4.69, 9.17) is 4.74 Å². The first-order valence-electron chi connectivity index (χ1n) is 7.10. The summed E-state index contributed by atoms with van der Waals surface area (Å²) in [6.45, 7) is 1.82. The van der Waals surface area contributed by atoms with Gasteiger partial charge >= 0.3 is 5.97 Å². The molecule has 25 heavy (non-hydrogen) atoms. The second-order valence-corrected chi connectivity index (χ2v) is 7.84. The average molecular weight is 384 g/mol. The fourth-order valence-electron chi connectivity index (χ4n) is 1.77. The van der Waals surface area contributed by atoms with Gasteiger partial charge in [-0.1, -0.05) is 4.49 Å². The summed E-state index contributed by atoms with van der Waals surface area (Å²) in [5.41, 5.74) is 0.146. The molecule has 134 valence electrons. The van der Waals surface area contributed by atoms with Crippen LogP contribution < -0.4 is 5.32 Å². The molecule has 1 amide bonds. The van der Waals surface area contributed by atoms with Gasteiger partial charge in [-0.3, -0.25) is 4.79 Å². The number of carbonyl (C=O) groups excluding carboxylic acids is 2. The van der Waals surface area contributed by atoms with Crippen molar-refractivity contribution < 1.29 is 22.7 Å². The number of hydrogen-bond donors (Lipinski definition) is 1. The maximum Gasteiger partial charge on any atom is 0.362 e. The summed E-state index contributed by atoms with van der Waals surface area (Å²) in [5.74, 6) is -1.20. The van der Waals surface area contributed by atoms with E-state index in [0.29, 0.717) is 0 Å². The van der Waals surface area contributed by atoms with Crippen LogP contribution >= 0.6 is 11.5 Å². The van der Waals surface area contributed by atoms with Crippen molar-refractivity contribution in [2.75, 3.05) is 26.0 Å². The van der Waals surface area contributed by atoms with Crippen LogP contribution in [-0.2, 0) is 14.8 Å². The lowest BCUT2D eigenvalue weighted by atomic mass is 10.2. The molecule has 0 aliphatic heterocycles. The lowest BCUT2D eigenvalue weighted by Gasteiger charge is -2.11. The molecular weight excluding hydrogens is 368 g/mol. The Morgan fingerprint density at radius 1 is 1.24 bits per heavy atom. The molecule has 0 saturated carbocycles. The second kappa shape index (κ2) is 7.68. The van der Waals surface area contributed by atoms with E-state index in [9.17, 15) is 18.0 Å². The highest BCUT2D eigenvalue weighted by atomic mass is 32.2. The molecule has 0 atom stereocenters. The van der Waals surface area contributed by atoms with Gasteiger partial charge in [-0.2, -0.15) is 0 Å². The molecular formula is C14H16N4O5S2. The third kappa shape index (κ3) is 4.18. The van der Waals surface area contributed by atoms with Gasteiger partial charge in [-0.05, 0) is 31.2 Å². The summed E-state index contributed by atoms with van der Waals surface area (Å²) in [5, 5.41) is 6.32. The molecule has 0 saturated heterocycles. The van der Waals surface area contributed by atoms with E-state index in [2.05, 4.69) is 14.9 Å². The van der Waals surface area contributed by atoms with Gasteiger partial charge in [-0.25, -0.2) is 17.5 Å². The Hall–Kier alpha value is -2.37. The van der Waals surface area contributed by atoms with Crippen LogP contribution in [0.15, 0.2) is 29.2 Å². The highest BCUT2D eigenvalue weighted by molar-refractivity contribution is 7.89. The molecule has 11 heteroatoms. The van der Waals surface area contributed by atoms with Crippen LogP contribution in [0.5, 0.6) is 0 Å². The largest absolute Gasteiger partial charge is 0.461 e. The van der Waals surface area contributed by atoms with E-state index < -0.39 is 21.9 Å². The molecule has 1 heterocycles. The summed E-state index contributed by atoms with van der Waals surface area (Å²) < 4.78 is 33.6. The Balaban J connectivity index is 2.18. The lowest BCUT2D eigenvalue weighted by Crippen LogP contribution is -2.22. The molecule has 0 aliphatic rings. The first-order chi connectivity index (χ1) is 11.8. The number of rotatable bonds is 6. The van der Waals surface area contributed by atoms with Crippen LogP contribution in [0, 0.1) is 0 Å². The smallest absolute Gasteiger partial charge is 0.362 e. The third-order valence-corrected chi connectivity index (χ3v) is 5.55. The molecule has 9 nitrogen and oxygen atoms in total. The Labute approximate surface area is 148 Å². The summed E-state index contributed by atoms with van der Waals surface area (Å²) >= 11 is 0.842. The predicted molar refractivity (Wildman–Crippen MR) is 91.1 cm³/mol. The minimum Gasteiger partial charge on any atom is -0.461 e. The molecule has 1 aromatic carbocycles. The number of esters is 1. The monoisotopic (exact) mass is 384 g/mol. The number of hydrogen-bond acceptors (Lipinski definition) is 8. The number of ether oxygens (including phenoxy) is 1. The quantitative estimate of drug-likeness (QED) is 0.744. The summed E-state index contributed by atoms with van der Waals surface area (Å²) in [4.78, 5) is 24.1. The zero-order valence-corrected chi connectivity index (χ0v) is 15.3. The van der Waals surface area contributed by atoms with Crippen molar-refractivity contribution in [3.8, 4) is 0 Å². The van der Waals surface area contributed by atoms with Crippen LogP contribution in [0.25, 0.3) is 0 Å². The van der Waals surface area contributed by atoms with E-state index in [-0.39, 0.29) is 27.8 Å². The van der Waals surface area contributed by atoms with Crippen molar-refractivity contribution in [3.63, 3.8) is 0 Å². The van der Waals surface area contributed by atoms with Gasteiger partial charge < -0.3 is 10.1 Å². The SMILES string of the molecule is CCOC(=O)c1nnsc1NC(=O)c1ccc(S(=O)(=O)N(C)C)cc1. The maximum atomic E-state index is 12.3. The van der Waals surface area contributed by atoms with Crippen LogP contribution in [0.2, 0.25) is 0 Å². The van der Waals surface area contributed by atoms with Gasteiger partial charge in [0, 0.05) is 31.2 Å². The molecule has 2 rings (SSSR count). The second-order valence-electron chi connectivity index (χ2n) is 4.94. The molecule has 2 aromatic rings. The first kappa shape index (κ1) is 19.0. The highest BCUT2D eigenvalue weighted by Gasteiger charge is 2.21. The number of sulfonamides is 1. The molecule has 0 bridgehead atoms. The number of nitrogens with one attached hydrogen (secondary N) is 1. The summed E-state index contributed by atoms with van der Waals surface area (Å²) in [7, 11) is -0.730. The maximum absolute atomic E-state index is 12.3. The van der Waals surface area contributed by atoms with E-state index in [1.807, 2.05) is 0 Å².